The highest BCUT2D eigenvalue weighted by Gasteiger charge is 2.16. The summed E-state index contributed by atoms with van der Waals surface area (Å²) in [7, 11) is 0. The standard InChI is InChI=1S/C17H19N5O4/c1-3-25-13-8-6-5-7-11(13)9-18-16-20-17-19-10-12(15(24)26-4-2)14(23)22(17)21-16/h5-8,10H,3-4,9H2,1-2H3,(H2,18,19,20,21). The molecule has 3 rings (SSSR count). The van der Waals surface area contributed by atoms with Crippen LogP contribution in [0.3, 0.4) is 0 Å². The lowest BCUT2D eigenvalue weighted by atomic mass is 10.2. The monoisotopic (exact) mass is 357 g/mol. The van der Waals surface area contributed by atoms with Crippen molar-refractivity contribution in [1.29, 1.82) is 0 Å². The Hall–Kier alpha value is -3.36. The molecular formula is C17H19N5O4. The normalized spacial score (nSPS) is 10.7. The molecule has 0 fully saturated rings. The van der Waals surface area contributed by atoms with E-state index in [1.54, 1.807) is 6.92 Å². The zero-order valence-corrected chi connectivity index (χ0v) is 14.5. The summed E-state index contributed by atoms with van der Waals surface area (Å²) in [6, 6.07) is 7.63. The average molecular weight is 357 g/mol. The number of para-hydroxylation sites is 1. The third-order valence-corrected chi connectivity index (χ3v) is 3.59. The van der Waals surface area contributed by atoms with E-state index >= 15 is 0 Å². The van der Waals surface area contributed by atoms with Gasteiger partial charge in [0.2, 0.25) is 5.95 Å². The van der Waals surface area contributed by atoms with E-state index in [4.69, 9.17) is 9.47 Å². The van der Waals surface area contributed by atoms with Crippen molar-refractivity contribution in [3.05, 3.63) is 51.9 Å². The van der Waals surface area contributed by atoms with Gasteiger partial charge in [-0.1, -0.05) is 18.2 Å². The maximum atomic E-state index is 12.4. The van der Waals surface area contributed by atoms with Gasteiger partial charge in [-0.25, -0.2) is 9.78 Å². The van der Waals surface area contributed by atoms with Gasteiger partial charge in [0.1, 0.15) is 11.3 Å². The number of H-pyrrole nitrogens is 1. The molecule has 26 heavy (non-hydrogen) atoms. The Morgan fingerprint density at radius 2 is 2.08 bits per heavy atom. The molecule has 0 aliphatic rings. The van der Waals surface area contributed by atoms with Crippen LogP contribution in [-0.2, 0) is 11.3 Å². The molecule has 0 radical (unpaired) electrons. The van der Waals surface area contributed by atoms with Gasteiger partial charge >= 0.3 is 5.97 Å². The Labute approximate surface area is 149 Å². The molecule has 0 unspecified atom stereocenters. The van der Waals surface area contributed by atoms with Crippen LogP contribution in [0.1, 0.15) is 29.8 Å². The maximum Gasteiger partial charge on any atom is 0.345 e. The number of benzene rings is 1. The van der Waals surface area contributed by atoms with E-state index in [2.05, 4.69) is 20.4 Å². The molecule has 0 bridgehead atoms. The van der Waals surface area contributed by atoms with Crippen LogP contribution in [0.2, 0.25) is 0 Å². The largest absolute Gasteiger partial charge is 0.494 e. The second-order valence-electron chi connectivity index (χ2n) is 5.30. The van der Waals surface area contributed by atoms with Crippen molar-refractivity contribution in [2.75, 3.05) is 18.5 Å². The molecule has 3 aromatic rings. The Morgan fingerprint density at radius 3 is 2.85 bits per heavy atom. The summed E-state index contributed by atoms with van der Waals surface area (Å²) in [4.78, 5) is 32.4. The number of aromatic nitrogens is 4. The number of nitrogens with one attached hydrogen (secondary N) is 2. The van der Waals surface area contributed by atoms with Crippen molar-refractivity contribution >= 4 is 17.7 Å². The minimum Gasteiger partial charge on any atom is -0.494 e. The summed E-state index contributed by atoms with van der Waals surface area (Å²) in [5.74, 6) is 0.568. The Bertz CT molecular complexity index is 979. The van der Waals surface area contributed by atoms with Crippen molar-refractivity contribution in [2.45, 2.75) is 20.4 Å². The summed E-state index contributed by atoms with van der Waals surface area (Å²) < 4.78 is 11.5. The van der Waals surface area contributed by atoms with E-state index in [9.17, 15) is 9.59 Å². The van der Waals surface area contributed by atoms with Gasteiger partial charge in [-0.05, 0) is 19.9 Å². The van der Waals surface area contributed by atoms with Crippen LogP contribution in [0.5, 0.6) is 5.75 Å². The lowest BCUT2D eigenvalue weighted by Crippen LogP contribution is -2.24. The zero-order chi connectivity index (χ0) is 18.5. The van der Waals surface area contributed by atoms with Gasteiger partial charge in [-0.15, -0.1) is 0 Å². The molecule has 0 spiro atoms. The summed E-state index contributed by atoms with van der Waals surface area (Å²) in [6.07, 6.45) is 1.17. The van der Waals surface area contributed by atoms with E-state index in [1.165, 1.54) is 6.20 Å². The second kappa shape index (κ2) is 7.68. The molecule has 9 nitrogen and oxygen atoms in total. The number of nitrogens with zero attached hydrogens (tertiary/aromatic N) is 3. The van der Waals surface area contributed by atoms with Crippen LogP contribution >= 0.6 is 0 Å². The average Bonchev–Trinajstić information content (AvgIpc) is 3.06. The summed E-state index contributed by atoms with van der Waals surface area (Å²) >= 11 is 0. The van der Waals surface area contributed by atoms with Gasteiger partial charge < -0.3 is 14.8 Å². The van der Waals surface area contributed by atoms with Gasteiger partial charge in [-0.3, -0.25) is 9.89 Å². The first-order valence-corrected chi connectivity index (χ1v) is 8.23. The lowest BCUT2D eigenvalue weighted by Gasteiger charge is -2.09. The fourth-order valence-electron chi connectivity index (χ4n) is 2.41. The number of carbonyl (C=O) groups excluding carboxylic acids is 1. The number of hydrogen-bond acceptors (Lipinski definition) is 7. The van der Waals surface area contributed by atoms with Crippen molar-refractivity contribution < 1.29 is 14.3 Å². The summed E-state index contributed by atoms with van der Waals surface area (Å²) in [6.45, 7) is 4.77. The van der Waals surface area contributed by atoms with E-state index in [1.807, 2.05) is 31.2 Å². The molecule has 0 saturated heterocycles. The highest BCUT2D eigenvalue weighted by molar-refractivity contribution is 5.88. The second-order valence-corrected chi connectivity index (χ2v) is 5.30. The number of rotatable bonds is 7. The van der Waals surface area contributed by atoms with E-state index in [0.29, 0.717) is 19.1 Å². The Morgan fingerprint density at radius 1 is 1.27 bits per heavy atom. The third-order valence-electron chi connectivity index (χ3n) is 3.59. The van der Waals surface area contributed by atoms with Crippen LogP contribution in [0, 0.1) is 0 Å². The highest BCUT2D eigenvalue weighted by Crippen LogP contribution is 2.18. The molecule has 0 atom stereocenters. The van der Waals surface area contributed by atoms with Gasteiger partial charge in [0.05, 0.1) is 19.4 Å². The fraction of sp³-hybridized carbons (Fsp3) is 0.294. The van der Waals surface area contributed by atoms with Crippen molar-refractivity contribution in [3.8, 4) is 5.75 Å². The smallest absolute Gasteiger partial charge is 0.345 e. The number of carbonyl (C=O) groups is 1. The molecule has 0 amide bonds. The number of fused-ring (bicyclic) bond motifs is 1. The number of aromatic amines is 1. The number of hydrogen-bond donors (Lipinski definition) is 2. The first-order valence-electron chi connectivity index (χ1n) is 8.23. The minimum absolute atomic E-state index is 0.152. The number of anilines is 1. The first kappa shape index (κ1) is 17.5. The van der Waals surface area contributed by atoms with Gasteiger partial charge in [0.25, 0.3) is 11.3 Å². The Kier molecular flexibility index (Phi) is 5.16. The lowest BCUT2D eigenvalue weighted by molar-refractivity contribution is 0.0523. The van der Waals surface area contributed by atoms with E-state index in [-0.39, 0.29) is 17.9 Å². The summed E-state index contributed by atoms with van der Waals surface area (Å²) in [5, 5.41) is 5.88. The molecule has 9 heteroatoms. The van der Waals surface area contributed by atoms with Crippen molar-refractivity contribution in [1.82, 2.24) is 19.6 Å². The SMILES string of the molecule is CCOC(=O)c1cnc2nc(NCc3ccccc3OCC)[nH]n2c1=O. The zero-order valence-electron chi connectivity index (χ0n) is 14.5. The quantitative estimate of drug-likeness (QED) is 0.618. The molecule has 2 heterocycles. The third kappa shape index (κ3) is 3.51. The molecular weight excluding hydrogens is 338 g/mol. The molecule has 0 saturated carbocycles. The number of ether oxygens (including phenoxy) is 2. The van der Waals surface area contributed by atoms with Crippen LogP contribution in [-0.4, -0.2) is 38.8 Å². The highest BCUT2D eigenvalue weighted by atomic mass is 16.5. The molecule has 136 valence electrons. The van der Waals surface area contributed by atoms with Crippen molar-refractivity contribution in [3.63, 3.8) is 0 Å². The van der Waals surface area contributed by atoms with Crippen LogP contribution in [0.25, 0.3) is 5.78 Å². The van der Waals surface area contributed by atoms with Crippen LogP contribution in [0.4, 0.5) is 5.95 Å². The van der Waals surface area contributed by atoms with Crippen LogP contribution < -0.4 is 15.6 Å². The molecule has 2 N–H and O–H groups in total. The molecule has 2 aromatic heterocycles. The van der Waals surface area contributed by atoms with Gasteiger partial charge in [0, 0.05) is 12.1 Å². The van der Waals surface area contributed by atoms with Crippen molar-refractivity contribution in [2.24, 2.45) is 0 Å². The minimum atomic E-state index is -0.714. The summed E-state index contributed by atoms with van der Waals surface area (Å²) in [5.41, 5.74) is 0.229. The first-order chi connectivity index (χ1) is 12.6. The van der Waals surface area contributed by atoms with Gasteiger partial charge in [0.15, 0.2) is 0 Å². The molecule has 0 aliphatic carbocycles. The Balaban J connectivity index is 1.83. The number of esters is 1. The van der Waals surface area contributed by atoms with E-state index < -0.39 is 11.5 Å². The predicted molar refractivity (Wildman–Crippen MR) is 94.5 cm³/mol. The topological polar surface area (TPSA) is 111 Å². The van der Waals surface area contributed by atoms with Gasteiger partial charge in [-0.2, -0.15) is 9.50 Å². The molecule has 1 aromatic carbocycles. The van der Waals surface area contributed by atoms with Crippen LogP contribution in [0.15, 0.2) is 35.3 Å². The molecule has 0 aliphatic heterocycles. The fourth-order valence-corrected chi connectivity index (χ4v) is 2.41. The van der Waals surface area contributed by atoms with E-state index in [0.717, 1.165) is 15.8 Å². The maximum absolute atomic E-state index is 12.4. The predicted octanol–water partition coefficient (Wildman–Crippen LogP) is 1.61.